The van der Waals surface area contributed by atoms with Crippen LogP contribution in [0.2, 0.25) is 5.02 Å². The molecule has 2 amide bonds. The number of rotatable bonds is 8. The van der Waals surface area contributed by atoms with Crippen molar-refractivity contribution in [2.75, 3.05) is 4.90 Å². The highest BCUT2D eigenvalue weighted by Gasteiger charge is 2.54. The van der Waals surface area contributed by atoms with Crippen LogP contribution in [0.25, 0.3) is 0 Å². The molecule has 37 heavy (non-hydrogen) atoms. The standard InChI is InChI=1S/C25H33ClN4O7/c1-23(2,3)36-21(34)29-18(12-16-13-27-14-28-16)19(31)25(7,20(32)33)30(22(35)37-24(4,5)6)17-10-8-15(26)9-11-17/h8-11,13-14,18H,12H2,1-7H3,(H,27,28)(H,29,34)(H,32,33)/t18-,25+/m0/s1. The second kappa shape index (κ2) is 11.2. The maximum Gasteiger partial charge on any atom is 0.416 e. The minimum atomic E-state index is -2.52. The average molecular weight is 537 g/mol. The fraction of sp³-hybridized carbons (Fsp3) is 0.480. The molecule has 0 aliphatic rings. The van der Waals surface area contributed by atoms with Crippen molar-refractivity contribution in [2.24, 2.45) is 0 Å². The monoisotopic (exact) mass is 536 g/mol. The molecule has 2 rings (SSSR count). The SMILES string of the molecule is CC(C)(C)OC(=O)N[C@@H](Cc1cnc[nH]1)C(=O)[C@](C)(C(=O)O)N(C(=O)OC(C)(C)C)c1ccc(Cl)cc1. The van der Waals surface area contributed by atoms with Gasteiger partial charge in [0.25, 0.3) is 0 Å². The topological polar surface area (TPSA) is 151 Å². The van der Waals surface area contributed by atoms with E-state index in [1.165, 1.54) is 36.8 Å². The van der Waals surface area contributed by atoms with Crippen LogP contribution in [0.3, 0.4) is 0 Å². The van der Waals surface area contributed by atoms with Gasteiger partial charge >= 0.3 is 18.2 Å². The van der Waals surface area contributed by atoms with Crippen LogP contribution < -0.4 is 10.2 Å². The maximum absolute atomic E-state index is 14.0. The van der Waals surface area contributed by atoms with Crippen molar-refractivity contribution in [3.05, 3.63) is 47.5 Å². The fourth-order valence-corrected chi connectivity index (χ4v) is 3.50. The van der Waals surface area contributed by atoms with E-state index < -0.39 is 46.7 Å². The van der Waals surface area contributed by atoms with Gasteiger partial charge in [-0.3, -0.25) is 9.69 Å². The Kier molecular flexibility index (Phi) is 8.97. The van der Waals surface area contributed by atoms with Crippen LogP contribution in [0.15, 0.2) is 36.8 Å². The van der Waals surface area contributed by atoms with Gasteiger partial charge in [0.2, 0.25) is 5.54 Å². The highest BCUT2D eigenvalue weighted by Crippen LogP contribution is 2.31. The largest absolute Gasteiger partial charge is 0.479 e. The van der Waals surface area contributed by atoms with Crippen LogP contribution in [0.1, 0.15) is 54.2 Å². The number of amides is 2. The Morgan fingerprint density at radius 3 is 2.05 bits per heavy atom. The first-order chi connectivity index (χ1) is 16.9. The van der Waals surface area contributed by atoms with Gasteiger partial charge in [0, 0.05) is 29.0 Å². The number of aromatic amines is 1. The number of carbonyl (C=O) groups excluding carboxylic acids is 3. The number of carbonyl (C=O) groups is 4. The summed E-state index contributed by atoms with van der Waals surface area (Å²) in [4.78, 5) is 60.3. The molecule has 202 valence electrons. The minimum Gasteiger partial charge on any atom is -0.479 e. The number of nitrogens with zero attached hydrogens (tertiary/aromatic N) is 2. The van der Waals surface area contributed by atoms with E-state index in [9.17, 15) is 24.3 Å². The number of ether oxygens (including phenoxy) is 2. The van der Waals surface area contributed by atoms with Gasteiger partial charge in [-0.25, -0.2) is 19.4 Å². The normalized spacial score (nSPS) is 14.2. The molecule has 0 fully saturated rings. The molecular weight excluding hydrogens is 504 g/mol. The number of nitrogens with one attached hydrogen (secondary N) is 2. The van der Waals surface area contributed by atoms with Gasteiger partial charge in [0.05, 0.1) is 12.4 Å². The van der Waals surface area contributed by atoms with Crippen LogP contribution in [-0.2, 0) is 25.5 Å². The van der Waals surface area contributed by atoms with Gasteiger partial charge in [-0.05, 0) is 72.7 Å². The van der Waals surface area contributed by atoms with E-state index in [-0.39, 0.29) is 12.1 Å². The molecule has 0 unspecified atom stereocenters. The third kappa shape index (κ3) is 7.94. The number of hydrogen-bond acceptors (Lipinski definition) is 7. The van der Waals surface area contributed by atoms with Gasteiger partial charge in [-0.2, -0.15) is 0 Å². The second-order valence-electron chi connectivity index (χ2n) is 10.5. The summed E-state index contributed by atoms with van der Waals surface area (Å²) in [5.41, 5.74) is -3.91. The van der Waals surface area contributed by atoms with E-state index in [1.54, 1.807) is 41.5 Å². The van der Waals surface area contributed by atoms with E-state index in [4.69, 9.17) is 21.1 Å². The number of aromatic nitrogens is 2. The predicted octanol–water partition coefficient (Wildman–Crippen LogP) is 4.35. The van der Waals surface area contributed by atoms with Crippen molar-refractivity contribution in [2.45, 2.75) is 77.7 Å². The molecule has 0 aliphatic carbocycles. The molecule has 0 aliphatic heterocycles. The third-order valence-electron chi connectivity index (χ3n) is 4.99. The molecule has 0 saturated carbocycles. The van der Waals surface area contributed by atoms with Crippen molar-refractivity contribution in [3.63, 3.8) is 0 Å². The van der Waals surface area contributed by atoms with Gasteiger partial charge in [0.1, 0.15) is 11.2 Å². The molecule has 3 N–H and O–H groups in total. The van der Waals surface area contributed by atoms with E-state index in [0.717, 1.165) is 11.8 Å². The number of hydrogen-bond donors (Lipinski definition) is 3. The zero-order valence-corrected chi connectivity index (χ0v) is 22.7. The number of anilines is 1. The quantitative estimate of drug-likeness (QED) is 0.421. The van der Waals surface area contributed by atoms with E-state index in [2.05, 4.69) is 15.3 Å². The van der Waals surface area contributed by atoms with Crippen LogP contribution >= 0.6 is 11.6 Å². The number of ketones is 1. The highest BCUT2D eigenvalue weighted by atomic mass is 35.5. The molecule has 0 spiro atoms. The summed E-state index contributed by atoms with van der Waals surface area (Å²) in [6.45, 7) is 10.8. The molecule has 1 aromatic carbocycles. The molecule has 1 heterocycles. The van der Waals surface area contributed by atoms with Crippen molar-refractivity contribution in [1.29, 1.82) is 0 Å². The Balaban J connectivity index is 2.62. The summed E-state index contributed by atoms with van der Waals surface area (Å²) in [7, 11) is 0. The highest BCUT2D eigenvalue weighted by molar-refractivity contribution is 6.30. The third-order valence-corrected chi connectivity index (χ3v) is 5.24. The summed E-state index contributed by atoms with van der Waals surface area (Å²) >= 11 is 5.99. The van der Waals surface area contributed by atoms with Crippen LogP contribution in [-0.4, -0.2) is 61.8 Å². The second-order valence-corrected chi connectivity index (χ2v) is 11.0. The van der Waals surface area contributed by atoms with Crippen LogP contribution in [0.4, 0.5) is 15.3 Å². The summed E-state index contributed by atoms with van der Waals surface area (Å²) in [6, 6.07) is 4.26. The summed E-state index contributed by atoms with van der Waals surface area (Å²) in [6.07, 6.45) is 0.643. The first-order valence-electron chi connectivity index (χ1n) is 11.5. The number of alkyl carbamates (subject to hydrolysis) is 1. The number of carboxylic acids is 1. The number of benzene rings is 1. The Bertz CT molecular complexity index is 1120. The zero-order chi connectivity index (χ0) is 28.2. The average Bonchev–Trinajstić information content (AvgIpc) is 3.24. The Morgan fingerprint density at radius 1 is 1.03 bits per heavy atom. The van der Waals surface area contributed by atoms with Crippen molar-refractivity contribution in [3.8, 4) is 0 Å². The van der Waals surface area contributed by atoms with Gasteiger partial charge < -0.3 is 24.9 Å². The van der Waals surface area contributed by atoms with Crippen molar-refractivity contribution >= 4 is 41.2 Å². The molecule has 1 aromatic heterocycles. The molecule has 2 atom stereocenters. The number of carboxylic acid groups (broad SMARTS) is 1. The van der Waals surface area contributed by atoms with E-state index in [1.807, 2.05) is 0 Å². The lowest BCUT2D eigenvalue weighted by Crippen LogP contribution is -2.66. The van der Waals surface area contributed by atoms with Gasteiger partial charge in [-0.1, -0.05) is 11.6 Å². The van der Waals surface area contributed by atoms with Gasteiger partial charge in [0.15, 0.2) is 5.78 Å². The number of H-pyrrole nitrogens is 1. The van der Waals surface area contributed by atoms with Crippen molar-refractivity contribution in [1.82, 2.24) is 15.3 Å². The number of Topliss-reactive ketones (excluding diaryl/α,β-unsaturated/α-hetero) is 1. The van der Waals surface area contributed by atoms with Gasteiger partial charge in [-0.15, -0.1) is 0 Å². The molecule has 0 bridgehead atoms. The van der Waals surface area contributed by atoms with Crippen molar-refractivity contribution < 1.29 is 33.8 Å². The van der Waals surface area contributed by atoms with Crippen LogP contribution in [0.5, 0.6) is 0 Å². The lowest BCUT2D eigenvalue weighted by atomic mass is 9.87. The fourth-order valence-electron chi connectivity index (χ4n) is 3.37. The molecule has 0 radical (unpaired) electrons. The Morgan fingerprint density at radius 2 is 1.59 bits per heavy atom. The Labute approximate surface area is 220 Å². The number of halogens is 1. The number of aliphatic carboxylic acids is 1. The first kappa shape index (κ1) is 29.6. The summed E-state index contributed by atoms with van der Waals surface area (Å²) in [5.74, 6) is -2.64. The smallest absolute Gasteiger partial charge is 0.416 e. The molecule has 12 heteroatoms. The first-order valence-corrected chi connectivity index (χ1v) is 11.8. The lowest BCUT2D eigenvalue weighted by Gasteiger charge is -2.39. The number of imidazole rings is 1. The van der Waals surface area contributed by atoms with E-state index in [0.29, 0.717) is 10.7 Å². The zero-order valence-electron chi connectivity index (χ0n) is 21.9. The molecule has 0 saturated heterocycles. The Hall–Kier alpha value is -3.60. The summed E-state index contributed by atoms with van der Waals surface area (Å²) < 4.78 is 10.8. The lowest BCUT2D eigenvalue weighted by molar-refractivity contribution is -0.148. The maximum atomic E-state index is 14.0. The van der Waals surface area contributed by atoms with Crippen LogP contribution in [0, 0.1) is 0 Å². The molecule has 2 aromatic rings. The predicted molar refractivity (Wildman–Crippen MR) is 137 cm³/mol. The molecule has 11 nitrogen and oxygen atoms in total. The summed E-state index contributed by atoms with van der Waals surface area (Å²) in [5, 5.41) is 13.2. The minimum absolute atomic E-state index is 0.0504. The van der Waals surface area contributed by atoms with E-state index >= 15 is 0 Å². The molecular formula is C25H33ClN4O7.